The molecule has 1 saturated carbocycles. The third-order valence-corrected chi connectivity index (χ3v) is 6.65. The maximum absolute atomic E-state index is 13.0. The molecule has 0 unspecified atom stereocenters. The second-order valence-corrected chi connectivity index (χ2v) is 8.74. The summed E-state index contributed by atoms with van der Waals surface area (Å²) in [7, 11) is 0. The van der Waals surface area contributed by atoms with Crippen molar-refractivity contribution in [2.75, 3.05) is 6.54 Å². The fraction of sp³-hybridized carbons (Fsp3) is 0.524. The number of rotatable bonds is 3. The Balaban J connectivity index is 1.52. The van der Waals surface area contributed by atoms with Gasteiger partial charge in [0.25, 0.3) is 17.4 Å². The molecular weight excluding hydrogens is 388 g/mol. The number of H-pyrrole nitrogens is 1. The third-order valence-electron chi connectivity index (χ3n) is 5.88. The van der Waals surface area contributed by atoms with Crippen LogP contribution >= 0.6 is 11.3 Å². The lowest BCUT2D eigenvalue weighted by Gasteiger charge is -2.29. The lowest BCUT2D eigenvalue weighted by atomic mass is 9.94. The first-order valence-electron chi connectivity index (χ1n) is 10.4. The fourth-order valence-corrected chi connectivity index (χ4v) is 4.90. The molecule has 154 valence electrons. The van der Waals surface area contributed by atoms with Crippen LogP contribution in [0.5, 0.6) is 0 Å². The van der Waals surface area contributed by atoms with Crippen molar-refractivity contribution >= 4 is 23.2 Å². The highest BCUT2D eigenvalue weighted by Gasteiger charge is 2.28. The van der Waals surface area contributed by atoms with E-state index in [9.17, 15) is 14.4 Å². The number of nitrogens with one attached hydrogen (secondary N) is 2. The Bertz CT molecular complexity index is 930. The molecule has 0 spiro atoms. The van der Waals surface area contributed by atoms with Crippen LogP contribution in [0.15, 0.2) is 22.7 Å². The van der Waals surface area contributed by atoms with Gasteiger partial charge in [-0.3, -0.25) is 19.4 Å². The highest BCUT2D eigenvalue weighted by molar-refractivity contribution is 7.11. The zero-order valence-corrected chi connectivity index (χ0v) is 17.2. The quantitative estimate of drug-likeness (QED) is 0.807. The summed E-state index contributed by atoms with van der Waals surface area (Å²) >= 11 is 1.31. The van der Waals surface area contributed by atoms with Crippen LogP contribution in [0, 0.1) is 0 Å². The van der Waals surface area contributed by atoms with Crippen LogP contribution in [0.4, 0.5) is 0 Å². The molecule has 8 heteroatoms. The van der Waals surface area contributed by atoms with E-state index in [0.717, 1.165) is 36.8 Å². The highest BCUT2D eigenvalue weighted by atomic mass is 32.1. The molecule has 29 heavy (non-hydrogen) atoms. The lowest BCUT2D eigenvalue weighted by Crippen LogP contribution is -2.42. The van der Waals surface area contributed by atoms with Crippen LogP contribution in [0.25, 0.3) is 0 Å². The number of pyridine rings is 1. The molecule has 0 saturated heterocycles. The molecule has 2 aromatic rings. The fourth-order valence-electron chi connectivity index (χ4n) is 4.32. The molecule has 7 nitrogen and oxygen atoms in total. The van der Waals surface area contributed by atoms with Crippen molar-refractivity contribution in [3.8, 4) is 0 Å². The van der Waals surface area contributed by atoms with E-state index in [2.05, 4.69) is 15.3 Å². The van der Waals surface area contributed by atoms with E-state index in [4.69, 9.17) is 0 Å². The number of thiazole rings is 1. The number of hydrogen-bond acceptors (Lipinski definition) is 5. The van der Waals surface area contributed by atoms with Gasteiger partial charge in [0.05, 0.1) is 11.7 Å². The van der Waals surface area contributed by atoms with E-state index in [-0.39, 0.29) is 29.0 Å². The number of fused-ring (bicyclic) bond motifs is 1. The van der Waals surface area contributed by atoms with Crippen LogP contribution in [-0.4, -0.2) is 39.3 Å². The summed E-state index contributed by atoms with van der Waals surface area (Å²) in [5.74, 6) is -0.347. The van der Waals surface area contributed by atoms with Crippen LogP contribution in [0.3, 0.4) is 0 Å². The van der Waals surface area contributed by atoms with Gasteiger partial charge in [-0.15, -0.1) is 11.3 Å². The number of amides is 2. The maximum atomic E-state index is 13.0. The molecule has 1 aliphatic heterocycles. The smallest absolute Gasteiger partial charge is 0.265 e. The van der Waals surface area contributed by atoms with Gasteiger partial charge in [-0.2, -0.15) is 0 Å². The molecule has 1 fully saturated rings. The van der Waals surface area contributed by atoms with Gasteiger partial charge in [0.15, 0.2) is 0 Å². The van der Waals surface area contributed by atoms with E-state index in [1.807, 2.05) is 0 Å². The van der Waals surface area contributed by atoms with E-state index in [1.165, 1.54) is 30.6 Å². The van der Waals surface area contributed by atoms with Crippen molar-refractivity contribution in [1.29, 1.82) is 0 Å². The number of aromatic nitrogens is 2. The molecule has 2 aromatic heterocycles. The minimum Gasteiger partial charge on any atom is -0.349 e. The molecule has 2 N–H and O–H groups in total. The SMILES string of the molecule is O=C(NC1CCCCCCC1)c1c2c(c[nH]c1=O)CN(C(=O)c1cncs1)CC2. The topological polar surface area (TPSA) is 95.2 Å². The van der Waals surface area contributed by atoms with E-state index < -0.39 is 0 Å². The van der Waals surface area contributed by atoms with Crippen LogP contribution < -0.4 is 10.9 Å². The monoisotopic (exact) mass is 414 g/mol. The summed E-state index contributed by atoms with van der Waals surface area (Å²) in [6.45, 7) is 0.865. The molecular formula is C21H26N4O3S. The van der Waals surface area contributed by atoms with Crippen molar-refractivity contribution in [2.24, 2.45) is 0 Å². The maximum Gasteiger partial charge on any atom is 0.265 e. The summed E-state index contributed by atoms with van der Waals surface area (Å²) in [6.07, 6.45) is 11.5. The molecule has 0 bridgehead atoms. The normalized spacial score (nSPS) is 17.9. The molecule has 0 aromatic carbocycles. The van der Waals surface area contributed by atoms with Crippen molar-refractivity contribution in [3.05, 3.63) is 49.8 Å². The van der Waals surface area contributed by atoms with E-state index >= 15 is 0 Å². The summed E-state index contributed by atoms with van der Waals surface area (Å²) < 4.78 is 0. The largest absolute Gasteiger partial charge is 0.349 e. The van der Waals surface area contributed by atoms with Gasteiger partial charge >= 0.3 is 0 Å². The van der Waals surface area contributed by atoms with E-state index in [0.29, 0.717) is 24.4 Å². The number of hydrogen-bond donors (Lipinski definition) is 2. The Labute approximate surface area is 173 Å². The predicted molar refractivity (Wildman–Crippen MR) is 111 cm³/mol. The number of carbonyl (C=O) groups is 2. The minimum atomic E-state index is -0.352. The first-order valence-corrected chi connectivity index (χ1v) is 11.2. The first kappa shape index (κ1) is 19.8. The van der Waals surface area contributed by atoms with Crippen molar-refractivity contribution in [3.63, 3.8) is 0 Å². The molecule has 0 radical (unpaired) electrons. The zero-order valence-electron chi connectivity index (χ0n) is 16.4. The summed E-state index contributed by atoms with van der Waals surface area (Å²) in [5, 5.41) is 3.10. The van der Waals surface area contributed by atoms with Gasteiger partial charge in [-0.05, 0) is 30.4 Å². The first-order chi connectivity index (χ1) is 14.1. The Morgan fingerprint density at radius 1 is 1.17 bits per heavy atom. The Morgan fingerprint density at radius 3 is 2.66 bits per heavy atom. The standard InChI is InChI=1S/C21H26N4O3S/c26-19-18(20(27)24-15-6-4-2-1-3-5-7-15)16-8-9-25(12-14(16)10-23-19)21(28)17-11-22-13-29-17/h10-11,13,15H,1-9,12H2,(H,23,26)(H,24,27). The van der Waals surface area contributed by atoms with Crippen molar-refractivity contribution in [2.45, 2.75) is 64.0 Å². The second-order valence-electron chi connectivity index (χ2n) is 7.85. The van der Waals surface area contributed by atoms with Gasteiger partial charge in [0, 0.05) is 25.3 Å². The minimum absolute atomic E-state index is 0.0649. The molecule has 3 heterocycles. The number of carbonyl (C=O) groups excluding carboxylic acids is 2. The van der Waals surface area contributed by atoms with Gasteiger partial charge in [0.2, 0.25) is 0 Å². The van der Waals surface area contributed by atoms with Crippen LogP contribution in [0.2, 0.25) is 0 Å². The molecule has 2 aliphatic rings. The van der Waals surface area contributed by atoms with Crippen molar-refractivity contribution < 1.29 is 9.59 Å². The van der Waals surface area contributed by atoms with Crippen LogP contribution in [-0.2, 0) is 13.0 Å². The molecule has 0 atom stereocenters. The summed E-state index contributed by atoms with van der Waals surface area (Å²) in [6, 6.07) is 0.131. The average molecular weight is 415 g/mol. The third kappa shape index (κ3) is 4.42. The Hall–Kier alpha value is -2.48. The predicted octanol–water partition coefficient (Wildman–Crippen LogP) is 2.87. The van der Waals surface area contributed by atoms with Crippen LogP contribution in [0.1, 0.15) is 76.1 Å². The zero-order chi connectivity index (χ0) is 20.2. The van der Waals surface area contributed by atoms with Gasteiger partial charge < -0.3 is 15.2 Å². The molecule has 1 aliphatic carbocycles. The van der Waals surface area contributed by atoms with Crippen molar-refractivity contribution in [1.82, 2.24) is 20.2 Å². The highest BCUT2D eigenvalue weighted by Crippen LogP contribution is 2.23. The molecule has 4 rings (SSSR count). The lowest BCUT2D eigenvalue weighted by molar-refractivity contribution is 0.0739. The van der Waals surface area contributed by atoms with Gasteiger partial charge in [-0.1, -0.05) is 32.1 Å². The van der Waals surface area contributed by atoms with Gasteiger partial charge in [0.1, 0.15) is 10.4 Å². The summed E-state index contributed by atoms with van der Waals surface area (Å²) in [4.78, 5) is 47.1. The van der Waals surface area contributed by atoms with E-state index in [1.54, 1.807) is 22.8 Å². The number of aromatic amines is 1. The Morgan fingerprint density at radius 2 is 1.93 bits per heavy atom. The summed E-state index contributed by atoms with van der Waals surface area (Å²) in [5.41, 5.74) is 3.10. The Kier molecular flexibility index (Phi) is 6.08. The van der Waals surface area contributed by atoms with Gasteiger partial charge in [-0.25, -0.2) is 0 Å². The molecule has 2 amide bonds. The number of nitrogens with zero attached hydrogens (tertiary/aromatic N) is 2. The average Bonchev–Trinajstić information content (AvgIpc) is 3.23. The second kappa shape index (κ2) is 8.90.